The van der Waals surface area contributed by atoms with Gasteiger partial charge in [0.25, 0.3) is 5.91 Å². The Labute approximate surface area is 183 Å². The summed E-state index contributed by atoms with van der Waals surface area (Å²) in [7, 11) is 0. The molecule has 6 nitrogen and oxygen atoms in total. The fourth-order valence-corrected chi connectivity index (χ4v) is 3.77. The fraction of sp³-hybridized carbons (Fsp3) is 0.320. The monoisotopic (exact) mass is 419 g/mol. The number of carbonyl (C=O) groups is 2. The average molecular weight is 420 g/mol. The Morgan fingerprint density at radius 1 is 0.935 bits per heavy atom. The minimum Gasteiger partial charge on any atom is -0.452 e. The molecule has 0 aliphatic rings. The number of anilines is 1. The quantitative estimate of drug-likeness (QED) is 0.594. The molecule has 0 bridgehead atoms. The molecule has 1 amide bonds. The van der Waals surface area contributed by atoms with E-state index in [2.05, 4.69) is 10.4 Å². The largest absolute Gasteiger partial charge is 0.452 e. The highest BCUT2D eigenvalue weighted by Crippen LogP contribution is 2.22. The van der Waals surface area contributed by atoms with Gasteiger partial charge in [-0.25, -0.2) is 4.79 Å². The summed E-state index contributed by atoms with van der Waals surface area (Å²) < 4.78 is 7.09. The first-order valence-electron chi connectivity index (χ1n) is 10.3. The van der Waals surface area contributed by atoms with Gasteiger partial charge in [-0.15, -0.1) is 0 Å². The zero-order chi connectivity index (χ0) is 22.7. The van der Waals surface area contributed by atoms with Gasteiger partial charge in [0.15, 0.2) is 6.61 Å². The van der Waals surface area contributed by atoms with E-state index < -0.39 is 5.97 Å². The maximum Gasteiger partial charge on any atom is 0.342 e. The standard InChI is InChI=1S/C25H29N3O3/c1-15-7-9-21(10-8-15)13-28-20(6)23(19(5)27-28)25(30)31-14-22(29)26-24-17(3)11-16(2)12-18(24)4/h7-12H,13-14H2,1-6H3,(H,26,29). The van der Waals surface area contributed by atoms with Crippen LogP contribution in [0.25, 0.3) is 0 Å². The van der Waals surface area contributed by atoms with Crippen LogP contribution in [0.4, 0.5) is 5.69 Å². The molecule has 1 aromatic heterocycles. The van der Waals surface area contributed by atoms with Crippen LogP contribution in [0.15, 0.2) is 36.4 Å². The Morgan fingerprint density at radius 3 is 2.16 bits per heavy atom. The Balaban J connectivity index is 1.66. The maximum atomic E-state index is 12.7. The number of rotatable bonds is 6. The normalized spacial score (nSPS) is 10.8. The van der Waals surface area contributed by atoms with E-state index in [1.54, 1.807) is 11.6 Å². The highest BCUT2D eigenvalue weighted by atomic mass is 16.5. The van der Waals surface area contributed by atoms with Crippen LogP contribution < -0.4 is 5.32 Å². The highest BCUT2D eigenvalue weighted by molar-refractivity contribution is 5.97. The molecule has 0 saturated heterocycles. The van der Waals surface area contributed by atoms with E-state index in [9.17, 15) is 9.59 Å². The van der Waals surface area contributed by atoms with E-state index in [0.29, 0.717) is 23.5 Å². The molecule has 3 rings (SSSR count). The van der Waals surface area contributed by atoms with Crippen LogP contribution >= 0.6 is 0 Å². The van der Waals surface area contributed by atoms with Gasteiger partial charge in [-0.1, -0.05) is 47.5 Å². The summed E-state index contributed by atoms with van der Waals surface area (Å²) >= 11 is 0. The molecule has 0 saturated carbocycles. The van der Waals surface area contributed by atoms with Crippen molar-refractivity contribution in [2.45, 2.75) is 48.1 Å². The van der Waals surface area contributed by atoms with E-state index in [1.165, 1.54) is 5.56 Å². The minimum atomic E-state index is -0.544. The first-order chi connectivity index (χ1) is 14.7. The van der Waals surface area contributed by atoms with Gasteiger partial charge < -0.3 is 10.1 Å². The van der Waals surface area contributed by atoms with Gasteiger partial charge in [0, 0.05) is 5.69 Å². The summed E-state index contributed by atoms with van der Waals surface area (Å²) in [5.41, 5.74) is 7.83. The van der Waals surface area contributed by atoms with Crippen LogP contribution in [0, 0.1) is 41.5 Å². The number of esters is 1. The van der Waals surface area contributed by atoms with Crippen molar-refractivity contribution in [3.63, 3.8) is 0 Å². The number of carbonyl (C=O) groups excluding carboxylic acids is 2. The predicted molar refractivity (Wildman–Crippen MR) is 122 cm³/mol. The lowest BCUT2D eigenvalue weighted by atomic mass is 10.1. The third-order valence-corrected chi connectivity index (χ3v) is 5.31. The first kappa shape index (κ1) is 22.3. The topological polar surface area (TPSA) is 73.2 Å². The maximum absolute atomic E-state index is 12.7. The summed E-state index contributed by atoms with van der Waals surface area (Å²) in [5, 5.41) is 7.34. The van der Waals surface area contributed by atoms with Crippen LogP contribution in [0.5, 0.6) is 0 Å². The second kappa shape index (κ2) is 9.16. The molecule has 1 heterocycles. The van der Waals surface area contributed by atoms with Gasteiger partial charge in [0.1, 0.15) is 5.56 Å². The second-order valence-corrected chi connectivity index (χ2v) is 8.09. The third-order valence-electron chi connectivity index (χ3n) is 5.31. The molecule has 162 valence electrons. The molecular weight excluding hydrogens is 390 g/mol. The van der Waals surface area contributed by atoms with Crippen molar-refractivity contribution in [1.29, 1.82) is 0 Å². The van der Waals surface area contributed by atoms with E-state index in [4.69, 9.17) is 4.74 Å². The number of benzene rings is 2. The first-order valence-corrected chi connectivity index (χ1v) is 10.3. The van der Waals surface area contributed by atoms with Crippen molar-refractivity contribution in [2.24, 2.45) is 0 Å². The zero-order valence-electron chi connectivity index (χ0n) is 19.0. The summed E-state index contributed by atoms with van der Waals surface area (Å²) in [6, 6.07) is 12.2. The van der Waals surface area contributed by atoms with Gasteiger partial charge in [-0.3, -0.25) is 9.48 Å². The van der Waals surface area contributed by atoms with E-state index in [-0.39, 0.29) is 12.5 Å². The minimum absolute atomic E-state index is 0.354. The number of ether oxygens (including phenoxy) is 1. The number of hydrogen-bond acceptors (Lipinski definition) is 4. The Kier molecular flexibility index (Phi) is 6.59. The van der Waals surface area contributed by atoms with Crippen LogP contribution in [-0.2, 0) is 16.1 Å². The van der Waals surface area contributed by atoms with Crippen molar-refractivity contribution >= 4 is 17.6 Å². The van der Waals surface area contributed by atoms with Gasteiger partial charge >= 0.3 is 5.97 Å². The Morgan fingerprint density at radius 2 is 1.55 bits per heavy atom. The second-order valence-electron chi connectivity index (χ2n) is 8.09. The van der Waals surface area contributed by atoms with Gasteiger partial charge in [-0.05, 0) is 58.2 Å². The lowest BCUT2D eigenvalue weighted by molar-refractivity contribution is -0.119. The lowest BCUT2D eigenvalue weighted by Gasteiger charge is -2.13. The van der Waals surface area contributed by atoms with Crippen LogP contribution in [-0.4, -0.2) is 28.3 Å². The molecule has 1 N–H and O–H groups in total. The molecule has 2 aromatic carbocycles. The fourth-order valence-electron chi connectivity index (χ4n) is 3.77. The molecule has 0 aliphatic heterocycles. The van der Waals surface area contributed by atoms with Crippen molar-refractivity contribution in [1.82, 2.24) is 9.78 Å². The highest BCUT2D eigenvalue weighted by Gasteiger charge is 2.21. The number of amides is 1. The predicted octanol–water partition coefficient (Wildman–Crippen LogP) is 4.58. The summed E-state index contributed by atoms with van der Waals surface area (Å²) in [5.74, 6) is -0.914. The van der Waals surface area contributed by atoms with Crippen molar-refractivity contribution in [3.05, 3.63) is 81.2 Å². The van der Waals surface area contributed by atoms with Crippen molar-refractivity contribution in [2.75, 3.05) is 11.9 Å². The summed E-state index contributed by atoms with van der Waals surface area (Å²) in [6.45, 7) is 11.8. The van der Waals surface area contributed by atoms with Gasteiger partial charge in [0.2, 0.25) is 0 Å². The van der Waals surface area contributed by atoms with E-state index >= 15 is 0 Å². The summed E-state index contributed by atoms with van der Waals surface area (Å²) in [4.78, 5) is 25.0. The smallest absolute Gasteiger partial charge is 0.342 e. The van der Waals surface area contributed by atoms with Crippen molar-refractivity contribution < 1.29 is 14.3 Å². The molecular formula is C25H29N3O3. The molecule has 0 unspecified atom stereocenters. The number of aromatic nitrogens is 2. The molecule has 0 fully saturated rings. The van der Waals surface area contributed by atoms with Gasteiger partial charge in [0.05, 0.1) is 17.9 Å². The van der Waals surface area contributed by atoms with Crippen LogP contribution in [0.2, 0.25) is 0 Å². The molecule has 0 spiro atoms. The van der Waals surface area contributed by atoms with Crippen molar-refractivity contribution in [3.8, 4) is 0 Å². The zero-order valence-corrected chi connectivity index (χ0v) is 19.0. The Hall–Kier alpha value is -3.41. The summed E-state index contributed by atoms with van der Waals surface area (Å²) in [6.07, 6.45) is 0. The number of hydrogen-bond donors (Lipinski definition) is 1. The third kappa shape index (κ3) is 5.20. The number of nitrogens with one attached hydrogen (secondary N) is 1. The molecule has 6 heteroatoms. The lowest BCUT2D eigenvalue weighted by Crippen LogP contribution is -2.22. The number of nitrogens with zero attached hydrogens (tertiary/aromatic N) is 2. The van der Waals surface area contributed by atoms with Crippen LogP contribution in [0.1, 0.15) is 49.6 Å². The molecule has 31 heavy (non-hydrogen) atoms. The van der Waals surface area contributed by atoms with E-state index in [0.717, 1.165) is 27.9 Å². The van der Waals surface area contributed by atoms with Gasteiger partial charge in [-0.2, -0.15) is 5.10 Å². The average Bonchev–Trinajstić information content (AvgIpc) is 2.97. The number of aryl methyl sites for hydroxylation is 5. The molecule has 3 aromatic rings. The van der Waals surface area contributed by atoms with E-state index in [1.807, 2.05) is 71.0 Å². The SMILES string of the molecule is Cc1ccc(Cn2nc(C)c(C(=O)OCC(=O)Nc3c(C)cc(C)cc3C)c2C)cc1. The molecule has 0 atom stereocenters. The molecule has 0 radical (unpaired) electrons. The molecule has 0 aliphatic carbocycles. The van der Waals surface area contributed by atoms with Crippen LogP contribution in [0.3, 0.4) is 0 Å². The Bertz CT molecular complexity index is 1100.